The Morgan fingerprint density at radius 3 is 2.50 bits per heavy atom. The molecular weight excluding hydrogens is 372 g/mol. The van der Waals surface area contributed by atoms with Crippen molar-refractivity contribution in [2.75, 3.05) is 32.9 Å². The second-order valence-corrected chi connectivity index (χ2v) is 7.60. The number of carbonyl (C=O) groups is 1. The Morgan fingerprint density at radius 2 is 1.79 bits per heavy atom. The molecule has 2 aromatic carbocycles. The highest BCUT2D eigenvalue weighted by atomic mass is 32.1. The molecule has 144 valence electrons. The summed E-state index contributed by atoms with van der Waals surface area (Å²) in [5, 5.41) is 1.02. The Labute approximate surface area is 168 Å². The summed E-state index contributed by atoms with van der Waals surface area (Å²) in [6, 6.07) is 18.1. The van der Waals surface area contributed by atoms with E-state index in [1.54, 1.807) is 16.2 Å². The van der Waals surface area contributed by atoms with E-state index in [4.69, 9.17) is 14.5 Å². The van der Waals surface area contributed by atoms with E-state index in [9.17, 15) is 4.79 Å². The highest BCUT2D eigenvalue weighted by Crippen LogP contribution is 2.35. The Hall–Kier alpha value is -2.70. The quantitative estimate of drug-likeness (QED) is 0.656. The lowest BCUT2D eigenvalue weighted by molar-refractivity contribution is -0.137. The molecule has 5 nitrogen and oxygen atoms in total. The van der Waals surface area contributed by atoms with Crippen LogP contribution in [0.25, 0.3) is 21.0 Å². The molecule has 28 heavy (non-hydrogen) atoms. The zero-order valence-corrected chi connectivity index (χ0v) is 16.6. The Morgan fingerprint density at radius 1 is 1.07 bits per heavy atom. The van der Waals surface area contributed by atoms with Gasteiger partial charge >= 0.3 is 0 Å². The summed E-state index contributed by atoms with van der Waals surface area (Å²) in [6.07, 6.45) is 0. The summed E-state index contributed by atoms with van der Waals surface area (Å²) in [4.78, 5) is 19.8. The first kappa shape index (κ1) is 18.7. The molecule has 3 aromatic rings. The number of nitrogens with zero attached hydrogens (tertiary/aromatic N) is 2. The van der Waals surface area contributed by atoms with E-state index in [1.807, 2.05) is 49.4 Å². The summed E-state index contributed by atoms with van der Waals surface area (Å²) >= 11 is 1.68. The fourth-order valence-corrected chi connectivity index (χ4v) is 4.20. The Bertz CT molecular complexity index is 932. The minimum absolute atomic E-state index is 0.00168. The van der Waals surface area contributed by atoms with Crippen LogP contribution in [0.1, 0.15) is 5.69 Å². The number of thiazole rings is 1. The van der Waals surface area contributed by atoms with Gasteiger partial charge in [-0.05, 0) is 36.8 Å². The van der Waals surface area contributed by atoms with Crippen LogP contribution in [0.5, 0.6) is 5.75 Å². The molecule has 0 unspecified atom stereocenters. The molecule has 0 radical (unpaired) electrons. The summed E-state index contributed by atoms with van der Waals surface area (Å²) in [7, 11) is 0. The molecule has 0 N–H and O–H groups in total. The van der Waals surface area contributed by atoms with E-state index in [2.05, 4.69) is 12.1 Å². The first-order valence-corrected chi connectivity index (χ1v) is 10.1. The normalized spacial score (nSPS) is 14.1. The maximum Gasteiger partial charge on any atom is 0.260 e. The second kappa shape index (κ2) is 8.54. The van der Waals surface area contributed by atoms with Gasteiger partial charge in [-0.3, -0.25) is 4.79 Å². The zero-order chi connectivity index (χ0) is 19.3. The van der Waals surface area contributed by atoms with Crippen LogP contribution in [0, 0.1) is 6.92 Å². The standard InChI is InChI=1S/C22H22N2O3S/c1-16-21(28-22(23-16)18-5-3-2-4-6-18)17-7-9-19(10-8-17)27-15-20(25)24-11-13-26-14-12-24/h2-10H,11-15H2,1H3. The van der Waals surface area contributed by atoms with Crippen molar-refractivity contribution >= 4 is 17.2 Å². The number of ether oxygens (including phenoxy) is 2. The highest BCUT2D eigenvalue weighted by molar-refractivity contribution is 7.18. The van der Waals surface area contributed by atoms with Crippen LogP contribution in [0.15, 0.2) is 54.6 Å². The van der Waals surface area contributed by atoms with Crippen molar-refractivity contribution in [2.45, 2.75) is 6.92 Å². The van der Waals surface area contributed by atoms with Gasteiger partial charge < -0.3 is 14.4 Å². The van der Waals surface area contributed by atoms with Gasteiger partial charge in [0.2, 0.25) is 0 Å². The molecule has 1 aromatic heterocycles. The molecule has 1 saturated heterocycles. The number of rotatable bonds is 5. The van der Waals surface area contributed by atoms with Crippen LogP contribution in [-0.2, 0) is 9.53 Å². The third-order valence-electron chi connectivity index (χ3n) is 4.66. The number of morpholine rings is 1. The third-order valence-corrected chi connectivity index (χ3v) is 5.92. The molecule has 0 spiro atoms. The molecule has 1 aliphatic heterocycles. The molecule has 4 rings (SSSR count). The number of aromatic nitrogens is 1. The van der Waals surface area contributed by atoms with Crippen molar-refractivity contribution in [3.8, 4) is 26.8 Å². The Balaban J connectivity index is 1.42. The van der Waals surface area contributed by atoms with Crippen LogP contribution >= 0.6 is 11.3 Å². The smallest absolute Gasteiger partial charge is 0.260 e. The van der Waals surface area contributed by atoms with Gasteiger partial charge in [0.05, 0.1) is 23.8 Å². The minimum atomic E-state index is -0.00168. The molecule has 0 bridgehead atoms. The number of amides is 1. The van der Waals surface area contributed by atoms with Crippen molar-refractivity contribution in [3.63, 3.8) is 0 Å². The van der Waals surface area contributed by atoms with Crippen molar-refractivity contribution in [1.29, 1.82) is 0 Å². The van der Waals surface area contributed by atoms with E-state index in [0.717, 1.165) is 26.7 Å². The molecule has 0 atom stereocenters. The fourth-order valence-electron chi connectivity index (χ4n) is 3.12. The molecular formula is C22H22N2O3S. The van der Waals surface area contributed by atoms with E-state index in [-0.39, 0.29) is 12.5 Å². The lowest BCUT2D eigenvalue weighted by atomic mass is 10.1. The van der Waals surface area contributed by atoms with Gasteiger partial charge in [0, 0.05) is 18.7 Å². The van der Waals surface area contributed by atoms with Gasteiger partial charge in [-0.25, -0.2) is 4.98 Å². The molecule has 1 fully saturated rings. The van der Waals surface area contributed by atoms with Crippen LogP contribution < -0.4 is 4.74 Å². The zero-order valence-electron chi connectivity index (χ0n) is 15.8. The molecule has 6 heteroatoms. The van der Waals surface area contributed by atoms with E-state index >= 15 is 0 Å². The molecule has 0 saturated carbocycles. The third kappa shape index (κ3) is 4.24. The predicted molar refractivity (Wildman–Crippen MR) is 111 cm³/mol. The maximum atomic E-state index is 12.2. The van der Waals surface area contributed by atoms with Gasteiger partial charge in [-0.15, -0.1) is 11.3 Å². The predicted octanol–water partition coefficient (Wildman–Crippen LogP) is 4.02. The van der Waals surface area contributed by atoms with Crippen molar-refractivity contribution < 1.29 is 14.3 Å². The monoisotopic (exact) mass is 394 g/mol. The van der Waals surface area contributed by atoms with Crippen LogP contribution in [-0.4, -0.2) is 48.7 Å². The topological polar surface area (TPSA) is 51.7 Å². The largest absolute Gasteiger partial charge is 0.484 e. The van der Waals surface area contributed by atoms with E-state index < -0.39 is 0 Å². The van der Waals surface area contributed by atoms with Crippen molar-refractivity contribution in [2.24, 2.45) is 0 Å². The lowest BCUT2D eigenvalue weighted by Gasteiger charge is -2.26. The second-order valence-electron chi connectivity index (χ2n) is 6.61. The molecule has 1 aliphatic rings. The van der Waals surface area contributed by atoms with Gasteiger partial charge in [0.15, 0.2) is 6.61 Å². The molecule has 1 amide bonds. The maximum absolute atomic E-state index is 12.2. The van der Waals surface area contributed by atoms with Crippen LogP contribution in [0.3, 0.4) is 0 Å². The van der Waals surface area contributed by atoms with Crippen molar-refractivity contribution in [3.05, 3.63) is 60.3 Å². The lowest BCUT2D eigenvalue weighted by Crippen LogP contribution is -2.42. The summed E-state index contributed by atoms with van der Waals surface area (Å²) in [5.41, 5.74) is 3.24. The number of aryl methyl sites for hydroxylation is 1. The fraction of sp³-hybridized carbons (Fsp3) is 0.273. The highest BCUT2D eigenvalue weighted by Gasteiger charge is 2.17. The van der Waals surface area contributed by atoms with E-state index in [0.29, 0.717) is 32.1 Å². The number of hydrogen-bond acceptors (Lipinski definition) is 5. The van der Waals surface area contributed by atoms with Gasteiger partial charge in [-0.1, -0.05) is 30.3 Å². The minimum Gasteiger partial charge on any atom is -0.484 e. The summed E-state index contributed by atoms with van der Waals surface area (Å²) < 4.78 is 10.9. The number of hydrogen-bond donors (Lipinski definition) is 0. The number of benzene rings is 2. The molecule has 2 heterocycles. The first-order valence-electron chi connectivity index (χ1n) is 9.32. The summed E-state index contributed by atoms with van der Waals surface area (Å²) in [5.74, 6) is 0.689. The SMILES string of the molecule is Cc1nc(-c2ccccc2)sc1-c1ccc(OCC(=O)N2CCOCC2)cc1. The van der Waals surface area contributed by atoms with Crippen LogP contribution in [0.4, 0.5) is 0 Å². The average molecular weight is 394 g/mol. The summed E-state index contributed by atoms with van der Waals surface area (Å²) in [6.45, 7) is 4.55. The van der Waals surface area contributed by atoms with Gasteiger partial charge in [0.1, 0.15) is 10.8 Å². The first-order chi connectivity index (χ1) is 13.7. The molecule has 0 aliphatic carbocycles. The Kier molecular flexibility index (Phi) is 5.69. The van der Waals surface area contributed by atoms with Gasteiger partial charge in [-0.2, -0.15) is 0 Å². The van der Waals surface area contributed by atoms with E-state index in [1.165, 1.54) is 0 Å². The number of carbonyl (C=O) groups excluding carboxylic acids is 1. The van der Waals surface area contributed by atoms with Crippen LogP contribution in [0.2, 0.25) is 0 Å². The average Bonchev–Trinajstić information content (AvgIpc) is 3.15. The van der Waals surface area contributed by atoms with Crippen molar-refractivity contribution in [1.82, 2.24) is 9.88 Å². The van der Waals surface area contributed by atoms with Gasteiger partial charge in [0.25, 0.3) is 5.91 Å².